The molecule has 0 spiro atoms. The molecule has 0 atom stereocenters. The fourth-order valence-corrected chi connectivity index (χ4v) is 5.14. The van der Waals surface area contributed by atoms with E-state index in [2.05, 4.69) is 19.3 Å². The molecule has 2 fully saturated rings. The fraction of sp³-hybridized carbons (Fsp3) is 0.700. The lowest BCUT2D eigenvalue weighted by Gasteiger charge is -2.34. The molecule has 0 N–H and O–H groups in total. The van der Waals surface area contributed by atoms with Gasteiger partial charge in [0.25, 0.3) is 5.56 Å². The van der Waals surface area contributed by atoms with Crippen LogP contribution in [-0.4, -0.2) is 56.8 Å². The van der Waals surface area contributed by atoms with Crippen molar-refractivity contribution < 1.29 is 0 Å². The highest BCUT2D eigenvalue weighted by Crippen LogP contribution is 2.36. The van der Waals surface area contributed by atoms with E-state index < -0.39 is 0 Å². The highest BCUT2D eigenvalue weighted by Gasteiger charge is 2.26. The highest BCUT2D eigenvalue weighted by molar-refractivity contribution is 7.09. The zero-order valence-electron chi connectivity index (χ0n) is 16.3. The second-order valence-electron chi connectivity index (χ2n) is 8.28. The summed E-state index contributed by atoms with van der Waals surface area (Å²) in [5, 5.41) is 5.72. The lowest BCUT2D eigenvalue weighted by Crippen LogP contribution is -2.47. The normalized spacial score (nSPS) is 20.8. The third-order valence-corrected chi connectivity index (χ3v) is 7.24. The lowest BCUT2D eigenvalue weighted by molar-refractivity contribution is 0.242. The molecule has 3 aliphatic rings. The maximum Gasteiger partial charge on any atom is 0.267 e. The third kappa shape index (κ3) is 3.72. The predicted octanol–water partition coefficient (Wildman–Crippen LogP) is 2.06. The van der Waals surface area contributed by atoms with Crippen LogP contribution in [0.15, 0.2) is 10.9 Å². The van der Waals surface area contributed by atoms with Gasteiger partial charge in [-0.25, -0.2) is 9.67 Å². The van der Waals surface area contributed by atoms with E-state index in [4.69, 9.17) is 4.98 Å². The van der Waals surface area contributed by atoms with Crippen molar-refractivity contribution >= 4 is 16.7 Å². The van der Waals surface area contributed by atoms with Crippen molar-refractivity contribution in [1.29, 1.82) is 0 Å². The summed E-state index contributed by atoms with van der Waals surface area (Å²) in [6, 6.07) is 1.81. The summed E-state index contributed by atoms with van der Waals surface area (Å²) in [7, 11) is 0. The number of rotatable bonds is 5. The minimum atomic E-state index is 0.0525. The summed E-state index contributed by atoms with van der Waals surface area (Å²) < 4.78 is 6.26. The highest BCUT2D eigenvalue weighted by atomic mass is 32.1. The van der Waals surface area contributed by atoms with Gasteiger partial charge in [0.2, 0.25) is 5.13 Å². The van der Waals surface area contributed by atoms with E-state index in [0.29, 0.717) is 12.5 Å². The fourth-order valence-electron chi connectivity index (χ4n) is 4.35. The van der Waals surface area contributed by atoms with Crippen molar-refractivity contribution in [2.24, 2.45) is 0 Å². The third-order valence-electron chi connectivity index (χ3n) is 6.45. The Morgan fingerprint density at radius 1 is 1.04 bits per heavy atom. The SMILES string of the molecule is O=c1cc2c(nn1CCN1CCN(c3nc(C4CCC4)ns3)CC1)CCCC2. The maximum atomic E-state index is 12.3. The Balaban J connectivity index is 1.15. The van der Waals surface area contributed by atoms with Gasteiger partial charge >= 0.3 is 0 Å². The van der Waals surface area contributed by atoms with Gasteiger partial charge in [-0.15, -0.1) is 0 Å². The van der Waals surface area contributed by atoms with Crippen LogP contribution in [0.25, 0.3) is 0 Å². The van der Waals surface area contributed by atoms with Gasteiger partial charge in [-0.05, 0) is 44.1 Å². The molecule has 7 nitrogen and oxygen atoms in total. The van der Waals surface area contributed by atoms with Gasteiger partial charge in [-0.3, -0.25) is 9.69 Å². The lowest BCUT2D eigenvalue weighted by atomic mass is 9.85. The number of hydrogen-bond donors (Lipinski definition) is 0. The quantitative estimate of drug-likeness (QED) is 0.765. The van der Waals surface area contributed by atoms with Gasteiger partial charge in [-0.2, -0.15) is 9.47 Å². The molecule has 1 aliphatic heterocycles. The Morgan fingerprint density at radius 3 is 2.64 bits per heavy atom. The molecule has 0 radical (unpaired) electrons. The monoisotopic (exact) mass is 400 g/mol. The van der Waals surface area contributed by atoms with Crippen LogP contribution in [0.4, 0.5) is 5.13 Å². The smallest absolute Gasteiger partial charge is 0.267 e. The van der Waals surface area contributed by atoms with Crippen LogP contribution in [0.3, 0.4) is 0 Å². The molecule has 150 valence electrons. The first kappa shape index (κ1) is 18.2. The summed E-state index contributed by atoms with van der Waals surface area (Å²) in [6.07, 6.45) is 8.21. The van der Waals surface area contributed by atoms with Gasteiger partial charge in [0.15, 0.2) is 0 Å². The standard InChI is InChI=1S/C20H28N6OS/c27-18-14-16-4-1-2-7-17(16)22-26(18)13-10-24-8-11-25(12-9-24)20-21-19(23-28-20)15-5-3-6-15/h14-15H,1-13H2. The number of aromatic nitrogens is 4. The van der Waals surface area contributed by atoms with Crippen LogP contribution < -0.4 is 10.5 Å². The summed E-state index contributed by atoms with van der Waals surface area (Å²) in [5.41, 5.74) is 2.35. The van der Waals surface area contributed by atoms with Crippen LogP contribution in [-0.2, 0) is 19.4 Å². The first-order valence-electron chi connectivity index (χ1n) is 10.7. The first-order chi connectivity index (χ1) is 13.8. The average Bonchev–Trinajstić information content (AvgIpc) is 3.15. The number of anilines is 1. The summed E-state index contributed by atoms with van der Waals surface area (Å²) in [5.74, 6) is 1.67. The first-order valence-corrected chi connectivity index (χ1v) is 11.4. The van der Waals surface area contributed by atoms with Crippen molar-refractivity contribution in [2.75, 3.05) is 37.6 Å². The predicted molar refractivity (Wildman–Crippen MR) is 110 cm³/mol. The molecule has 1 saturated heterocycles. The molecule has 28 heavy (non-hydrogen) atoms. The number of nitrogens with zero attached hydrogens (tertiary/aromatic N) is 6. The number of fused-ring (bicyclic) bond motifs is 1. The molecule has 0 unspecified atom stereocenters. The molecule has 0 aromatic carbocycles. The largest absolute Gasteiger partial charge is 0.344 e. The van der Waals surface area contributed by atoms with Crippen molar-refractivity contribution in [3.63, 3.8) is 0 Å². The van der Waals surface area contributed by atoms with Crippen LogP contribution >= 0.6 is 11.5 Å². The average molecular weight is 401 g/mol. The van der Waals surface area contributed by atoms with Crippen LogP contribution in [0, 0.1) is 0 Å². The van der Waals surface area contributed by atoms with Gasteiger partial charge in [0, 0.05) is 56.2 Å². The summed E-state index contributed by atoms with van der Waals surface area (Å²) in [4.78, 5) is 21.9. The number of piperazine rings is 1. The minimum absolute atomic E-state index is 0.0525. The van der Waals surface area contributed by atoms with Crippen LogP contribution in [0.1, 0.15) is 55.1 Å². The molecule has 5 rings (SSSR count). The Morgan fingerprint density at radius 2 is 1.86 bits per heavy atom. The van der Waals surface area contributed by atoms with Crippen molar-refractivity contribution in [2.45, 2.75) is 57.4 Å². The van der Waals surface area contributed by atoms with Crippen LogP contribution in [0.2, 0.25) is 0 Å². The van der Waals surface area contributed by atoms with E-state index in [1.807, 2.05) is 6.07 Å². The van der Waals surface area contributed by atoms with Gasteiger partial charge in [0.1, 0.15) is 5.82 Å². The van der Waals surface area contributed by atoms with Crippen molar-refractivity contribution in [1.82, 2.24) is 24.0 Å². The number of hydrogen-bond acceptors (Lipinski definition) is 7. The summed E-state index contributed by atoms with van der Waals surface area (Å²) >= 11 is 1.55. The topological polar surface area (TPSA) is 67.2 Å². The van der Waals surface area contributed by atoms with E-state index in [1.54, 1.807) is 16.2 Å². The molecule has 3 heterocycles. The molecule has 2 aromatic heterocycles. The Labute approximate surface area is 169 Å². The van der Waals surface area contributed by atoms with Gasteiger partial charge in [0.05, 0.1) is 12.2 Å². The van der Waals surface area contributed by atoms with Crippen molar-refractivity contribution in [3.8, 4) is 0 Å². The molecular weight excluding hydrogens is 372 g/mol. The van der Waals surface area contributed by atoms with E-state index in [1.165, 1.54) is 37.7 Å². The van der Waals surface area contributed by atoms with Gasteiger partial charge in [-0.1, -0.05) is 6.42 Å². The van der Waals surface area contributed by atoms with Crippen LogP contribution in [0.5, 0.6) is 0 Å². The molecule has 2 aromatic rings. The zero-order chi connectivity index (χ0) is 18.9. The molecule has 0 bridgehead atoms. The number of aryl methyl sites for hydroxylation is 2. The minimum Gasteiger partial charge on any atom is -0.344 e. The molecule has 2 aliphatic carbocycles. The van der Waals surface area contributed by atoms with Crippen molar-refractivity contribution in [3.05, 3.63) is 33.5 Å². The molecule has 1 saturated carbocycles. The maximum absolute atomic E-state index is 12.3. The second-order valence-corrected chi connectivity index (χ2v) is 9.01. The Kier molecular flexibility index (Phi) is 5.15. The molecule has 8 heteroatoms. The Bertz CT molecular complexity index is 881. The van der Waals surface area contributed by atoms with E-state index in [-0.39, 0.29) is 5.56 Å². The summed E-state index contributed by atoms with van der Waals surface area (Å²) in [6.45, 7) is 5.51. The molecule has 0 amide bonds. The van der Waals surface area contributed by atoms with E-state index in [0.717, 1.165) is 62.2 Å². The molecular formula is C20H28N6OS. The van der Waals surface area contributed by atoms with E-state index >= 15 is 0 Å². The Hall–Kier alpha value is -1.80. The van der Waals surface area contributed by atoms with Gasteiger partial charge < -0.3 is 4.90 Å². The zero-order valence-corrected chi connectivity index (χ0v) is 17.2. The second kappa shape index (κ2) is 7.91. The van der Waals surface area contributed by atoms with E-state index in [9.17, 15) is 4.79 Å².